The van der Waals surface area contributed by atoms with Gasteiger partial charge in [-0.25, -0.2) is 4.98 Å². The van der Waals surface area contributed by atoms with Gasteiger partial charge < -0.3 is 14.7 Å². The molecule has 1 fully saturated rings. The molecule has 2 aromatic heterocycles. The molecule has 0 radical (unpaired) electrons. The molecule has 6 rings (SSSR count). The monoisotopic (exact) mass is 589 g/mol. The Morgan fingerprint density at radius 3 is 2.55 bits per heavy atom. The molecule has 9 heteroatoms. The van der Waals surface area contributed by atoms with Crippen LogP contribution in [0.25, 0.3) is 33.5 Å². The Morgan fingerprint density at radius 2 is 1.82 bits per heavy atom. The van der Waals surface area contributed by atoms with Gasteiger partial charge >= 0.3 is 0 Å². The van der Waals surface area contributed by atoms with Crippen molar-refractivity contribution in [2.45, 2.75) is 77.7 Å². The van der Waals surface area contributed by atoms with E-state index in [-0.39, 0.29) is 11.3 Å². The molecule has 1 amide bonds. The van der Waals surface area contributed by atoms with Gasteiger partial charge in [0.1, 0.15) is 12.1 Å². The molecular weight excluding hydrogens is 550 g/mol. The van der Waals surface area contributed by atoms with Crippen molar-refractivity contribution < 1.29 is 9.59 Å². The number of hydrogen-bond donors (Lipinski definition) is 2. The van der Waals surface area contributed by atoms with Crippen LogP contribution in [0, 0.1) is 5.41 Å². The van der Waals surface area contributed by atoms with Gasteiger partial charge in [-0.05, 0) is 64.8 Å². The van der Waals surface area contributed by atoms with Crippen LogP contribution in [0.1, 0.15) is 76.1 Å². The molecule has 0 atom stereocenters. The highest BCUT2D eigenvalue weighted by molar-refractivity contribution is 5.93. The summed E-state index contributed by atoms with van der Waals surface area (Å²) >= 11 is 0. The standard InChI is InChI=1S/C35H39N7O2/c1-2-3-11-32-37-30-17-16-27(36-33(44)23-35(20-21-43)18-7-4-8-19-35)22-31(30)42(32)24-25-12-14-26(15-13-25)28-9-5-6-10-29(28)34-38-40-41-39-34/h5-6,9-10,12-17,21-22H,2-4,7-8,11,18-20,23-24H2,1H3,(H,36,44)(H,38,39,40,41). The number of amides is 1. The minimum atomic E-state index is -0.207. The quantitative estimate of drug-likeness (QED) is 0.149. The summed E-state index contributed by atoms with van der Waals surface area (Å²) in [5.74, 6) is 1.58. The predicted molar refractivity (Wildman–Crippen MR) is 172 cm³/mol. The number of H-pyrrole nitrogens is 1. The van der Waals surface area contributed by atoms with E-state index in [1.807, 2.05) is 36.4 Å². The number of aromatic amines is 1. The third kappa shape index (κ3) is 6.46. The zero-order valence-corrected chi connectivity index (χ0v) is 25.3. The lowest BCUT2D eigenvalue weighted by molar-refractivity contribution is -0.120. The van der Waals surface area contributed by atoms with E-state index >= 15 is 0 Å². The molecule has 0 saturated heterocycles. The van der Waals surface area contributed by atoms with Gasteiger partial charge in [-0.1, -0.05) is 81.1 Å². The highest BCUT2D eigenvalue weighted by Gasteiger charge is 2.34. The van der Waals surface area contributed by atoms with Crippen molar-refractivity contribution >= 4 is 28.9 Å². The molecule has 44 heavy (non-hydrogen) atoms. The van der Waals surface area contributed by atoms with E-state index in [4.69, 9.17) is 4.98 Å². The van der Waals surface area contributed by atoms with E-state index in [1.54, 1.807) is 0 Å². The van der Waals surface area contributed by atoms with Crippen LogP contribution in [-0.2, 0) is 22.6 Å². The van der Waals surface area contributed by atoms with E-state index in [0.29, 0.717) is 25.2 Å². The van der Waals surface area contributed by atoms with Crippen LogP contribution >= 0.6 is 0 Å². The molecule has 1 saturated carbocycles. The zero-order chi connectivity index (χ0) is 30.4. The fourth-order valence-electron chi connectivity index (χ4n) is 6.61. The van der Waals surface area contributed by atoms with Crippen LogP contribution in [0.5, 0.6) is 0 Å². The molecule has 2 heterocycles. The first-order chi connectivity index (χ1) is 21.6. The normalized spacial score (nSPS) is 14.5. The second-order valence-electron chi connectivity index (χ2n) is 12.1. The van der Waals surface area contributed by atoms with Crippen molar-refractivity contribution in [3.8, 4) is 22.5 Å². The lowest BCUT2D eigenvalue weighted by Crippen LogP contribution is -2.30. The van der Waals surface area contributed by atoms with Crippen molar-refractivity contribution in [2.24, 2.45) is 5.41 Å². The molecule has 0 aliphatic heterocycles. The molecule has 1 aliphatic rings. The lowest BCUT2D eigenvalue weighted by atomic mass is 9.70. The maximum absolute atomic E-state index is 13.2. The summed E-state index contributed by atoms with van der Waals surface area (Å²) in [4.78, 5) is 29.6. The van der Waals surface area contributed by atoms with Crippen LogP contribution in [0.4, 0.5) is 5.69 Å². The molecule has 0 unspecified atom stereocenters. The number of fused-ring (bicyclic) bond motifs is 1. The molecule has 0 bridgehead atoms. The SMILES string of the molecule is CCCCc1nc2ccc(NC(=O)CC3(CC=O)CCCCC3)cc2n1Cc1ccc(-c2ccccc2-c2nn[nH]n2)cc1. The highest BCUT2D eigenvalue weighted by Crippen LogP contribution is 2.42. The summed E-state index contributed by atoms with van der Waals surface area (Å²) < 4.78 is 2.28. The van der Waals surface area contributed by atoms with Crippen molar-refractivity contribution in [2.75, 3.05) is 5.32 Å². The number of rotatable bonds is 12. The van der Waals surface area contributed by atoms with Crippen molar-refractivity contribution in [1.82, 2.24) is 30.2 Å². The van der Waals surface area contributed by atoms with Crippen molar-refractivity contribution in [1.29, 1.82) is 0 Å². The summed E-state index contributed by atoms with van der Waals surface area (Å²) in [6.45, 7) is 2.86. The Hall–Kier alpha value is -4.66. The van der Waals surface area contributed by atoms with E-state index < -0.39 is 0 Å². The Kier molecular flexibility index (Phi) is 8.91. The van der Waals surface area contributed by atoms with Gasteiger partial charge in [-0.15, -0.1) is 10.2 Å². The highest BCUT2D eigenvalue weighted by atomic mass is 16.1. The number of carbonyl (C=O) groups excluding carboxylic acids is 2. The van der Waals surface area contributed by atoms with E-state index in [2.05, 4.69) is 67.8 Å². The smallest absolute Gasteiger partial charge is 0.224 e. The fourth-order valence-corrected chi connectivity index (χ4v) is 6.61. The van der Waals surface area contributed by atoms with Crippen LogP contribution in [0.2, 0.25) is 0 Å². The maximum Gasteiger partial charge on any atom is 0.224 e. The molecule has 0 spiro atoms. The number of aromatic nitrogens is 6. The van der Waals surface area contributed by atoms with Gasteiger partial charge in [-0.3, -0.25) is 4.79 Å². The lowest BCUT2D eigenvalue weighted by Gasteiger charge is -2.35. The van der Waals surface area contributed by atoms with Gasteiger partial charge in [0, 0.05) is 37.1 Å². The summed E-state index contributed by atoms with van der Waals surface area (Å²) in [5.41, 5.74) is 6.67. The molecular formula is C35H39N7O2. The van der Waals surface area contributed by atoms with Crippen LogP contribution in [0.15, 0.2) is 66.7 Å². The Balaban J connectivity index is 1.25. The largest absolute Gasteiger partial charge is 0.326 e. The zero-order valence-electron chi connectivity index (χ0n) is 25.3. The minimum Gasteiger partial charge on any atom is -0.326 e. The first-order valence-corrected chi connectivity index (χ1v) is 15.7. The Bertz CT molecular complexity index is 1720. The molecule has 1 aliphatic carbocycles. The molecule has 9 nitrogen and oxygen atoms in total. The average molecular weight is 590 g/mol. The fraction of sp³-hybridized carbons (Fsp3) is 0.371. The third-order valence-electron chi connectivity index (χ3n) is 8.95. The molecule has 5 aromatic rings. The summed E-state index contributed by atoms with van der Waals surface area (Å²) in [5, 5.41) is 17.7. The van der Waals surface area contributed by atoms with Gasteiger partial charge in [0.25, 0.3) is 0 Å². The molecule has 226 valence electrons. The number of benzene rings is 3. The van der Waals surface area contributed by atoms with Gasteiger partial charge in [-0.2, -0.15) is 5.21 Å². The van der Waals surface area contributed by atoms with Crippen molar-refractivity contribution in [3.63, 3.8) is 0 Å². The number of unbranched alkanes of at least 4 members (excludes halogenated alkanes) is 1. The number of imidazole rings is 1. The first-order valence-electron chi connectivity index (χ1n) is 15.7. The van der Waals surface area contributed by atoms with Crippen LogP contribution in [-0.4, -0.2) is 42.4 Å². The molecule has 2 N–H and O–H groups in total. The van der Waals surface area contributed by atoms with Crippen LogP contribution < -0.4 is 5.32 Å². The van der Waals surface area contributed by atoms with Crippen LogP contribution in [0.3, 0.4) is 0 Å². The first kappa shape index (κ1) is 29.4. The van der Waals surface area contributed by atoms with Gasteiger partial charge in [0.15, 0.2) is 0 Å². The number of aldehydes is 1. The Morgan fingerprint density at radius 1 is 1.02 bits per heavy atom. The number of tetrazole rings is 1. The number of anilines is 1. The number of nitrogens with zero attached hydrogens (tertiary/aromatic N) is 5. The van der Waals surface area contributed by atoms with E-state index in [0.717, 1.165) is 96.0 Å². The van der Waals surface area contributed by atoms with E-state index in [1.165, 1.54) is 6.42 Å². The minimum absolute atomic E-state index is 0.0259. The maximum atomic E-state index is 13.2. The third-order valence-corrected chi connectivity index (χ3v) is 8.95. The number of nitrogens with one attached hydrogen (secondary N) is 2. The average Bonchev–Trinajstić information content (AvgIpc) is 3.70. The Labute approximate surface area is 257 Å². The number of hydrogen-bond acceptors (Lipinski definition) is 6. The van der Waals surface area contributed by atoms with Crippen molar-refractivity contribution in [3.05, 3.63) is 78.1 Å². The van der Waals surface area contributed by atoms with Gasteiger partial charge in [0.05, 0.1) is 11.0 Å². The second-order valence-corrected chi connectivity index (χ2v) is 12.1. The number of carbonyl (C=O) groups is 2. The number of aryl methyl sites for hydroxylation is 1. The molecule has 3 aromatic carbocycles. The second kappa shape index (κ2) is 13.3. The summed E-state index contributed by atoms with van der Waals surface area (Å²) in [7, 11) is 0. The summed E-state index contributed by atoms with van der Waals surface area (Å²) in [6.07, 6.45) is 10.1. The topological polar surface area (TPSA) is 118 Å². The summed E-state index contributed by atoms with van der Waals surface area (Å²) in [6, 6.07) is 22.6. The van der Waals surface area contributed by atoms with E-state index in [9.17, 15) is 9.59 Å². The predicted octanol–water partition coefficient (Wildman–Crippen LogP) is 7.14. The van der Waals surface area contributed by atoms with Gasteiger partial charge in [0.2, 0.25) is 11.7 Å².